The van der Waals surface area contributed by atoms with E-state index < -0.39 is 0 Å². The SMILES string of the molecule is CCOc1cc(/C=C2\NC(=S)N(CC)C2=O)cc(I)c1OCc1ccc(Cl)cc1Cl. The molecular formula is C21H19Cl2IN2O3S. The molecule has 1 N–H and O–H groups in total. The number of halogens is 3. The molecule has 9 heteroatoms. The van der Waals surface area contributed by atoms with Gasteiger partial charge in [-0.2, -0.15) is 0 Å². The van der Waals surface area contributed by atoms with Crippen LogP contribution in [0.2, 0.25) is 10.0 Å². The van der Waals surface area contributed by atoms with Gasteiger partial charge in [-0.05, 0) is 84.6 Å². The molecule has 2 aromatic carbocycles. The zero-order valence-electron chi connectivity index (χ0n) is 16.3. The summed E-state index contributed by atoms with van der Waals surface area (Å²) in [6, 6.07) is 9.04. The number of nitrogens with one attached hydrogen (secondary N) is 1. The third-order valence-corrected chi connectivity index (χ3v) is 6.02. The number of benzene rings is 2. The van der Waals surface area contributed by atoms with E-state index in [1.54, 1.807) is 18.2 Å². The number of amides is 1. The Morgan fingerprint density at radius 3 is 2.60 bits per heavy atom. The van der Waals surface area contributed by atoms with Gasteiger partial charge in [0, 0.05) is 22.2 Å². The van der Waals surface area contributed by atoms with Crippen LogP contribution in [0, 0.1) is 3.57 Å². The van der Waals surface area contributed by atoms with E-state index in [1.807, 2.05) is 32.0 Å². The molecule has 0 bridgehead atoms. The van der Waals surface area contributed by atoms with Gasteiger partial charge in [0.25, 0.3) is 5.91 Å². The van der Waals surface area contributed by atoms with E-state index in [1.165, 1.54) is 4.90 Å². The maximum absolute atomic E-state index is 12.5. The molecule has 5 nitrogen and oxygen atoms in total. The molecule has 0 aliphatic carbocycles. The quantitative estimate of drug-likeness (QED) is 0.262. The Morgan fingerprint density at radius 1 is 1.20 bits per heavy atom. The largest absolute Gasteiger partial charge is 0.490 e. The minimum atomic E-state index is -0.145. The first-order valence-corrected chi connectivity index (χ1v) is 11.5. The molecule has 3 rings (SSSR count). The lowest BCUT2D eigenvalue weighted by Crippen LogP contribution is -2.30. The van der Waals surface area contributed by atoms with Crippen LogP contribution >= 0.6 is 58.0 Å². The highest BCUT2D eigenvalue weighted by Crippen LogP contribution is 2.36. The van der Waals surface area contributed by atoms with Gasteiger partial charge in [-0.3, -0.25) is 9.69 Å². The average molecular weight is 577 g/mol. The van der Waals surface area contributed by atoms with Gasteiger partial charge in [-0.1, -0.05) is 29.3 Å². The summed E-state index contributed by atoms with van der Waals surface area (Å²) in [7, 11) is 0. The number of hydrogen-bond acceptors (Lipinski definition) is 4. The Morgan fingerprint density at radius 2 is 1.97 bits per heavy atom. The van der Waals surface area contributed by atoms with Crippen LogP contribution < -0.4 is 14.8 Å². The van der Waals surface area contributed by atoms with Crippen LogP contribution in [0.4, 0.5) is 0 Å². The fourth-order valence-corrected chi connectivity index (χ4v) is 4.45. The second-order valence-electron chi connectivity index (χ2n) is 6.32. The average Bonchev–Trinajstić information content (AvgIpc) is 2.95. The second kappa shape index (κ2) is 10.2. The summed E-state index contributed by atoms with van der Waals surface area (Å²) >= 11 is 19.6. The van der Waals surface area contributed by atoms with Crippen molar-refractivity contribution in [3.05, 3.63) is 60.8 Å². The number of ether oxygens (including phenoxy) is 2. The van der Waals surface area contributed by atoms with Crippen molar-refractivity contribution in [2.75, 3.05) is 13.2 Å². The maximum Gasteiger partial charge on any atom is 0.276 e. The second-order valence-corrected chi connectivity index (χ2v) is 8.72. The standard InChI is InChI=1S/C21H19Cl2IN2O3S/c1-3-26-20(27)17(25-21(26)30)8-12-7-16(24)19(18(9-12)28-4-2)29-11-13-5-6-14(22)10-15(13)23/h5-10H,3-4,11H2,1-2H3,(H,25,30)/b17-8-. The lowest BCUT2D eigenvalue weighted by molar-refractivity contribution is -0.122. The van der Waals surface area contributed by atoms with Crippen molar-refractivity contribution in [2.24, 2.45) is 0 Å². The first-order chi connectivity index (χ1) is 14.3. The lowest BCUT2D eigenvalue weighted by atomic mass is 10.1. The molecule has 1 saturated heterocycles. The fourth-order valence-electron chi connectivity index (χ4n) is 2.89. The molecule has 1 amide bonds. The van der Waals surface area contributed by atoms with E-state index >= 15 is 0 Å². The predicted octanol–water partition coefficient (Wildman–Crippen LogP) is 5.65. The molecule has 158 valence electrons. The molecule has 0 radical (unpaired) electrons. The van der Waals surface area contributed by atoms with Crippen molar-refractivity contribution in [1.82, 2.24) is 10.2 Å². The van der Waals surface area contributed by atoms with Gasteiger partial charge in [0.2, 0.25) is 0 Å². The first-order valence-electron chi connectivity index (χ1n) is 9.21. The van der Waals surface area contributed by atoms with Gasteiger partial charge < -0.3 is 14.8 Å². The Balaban J connectivity index is 1.88. The van der Waals surface area contributed by atoms with E-state index in [9.17, 15) is 4.79 Å². The minimum Gasteiger partial charge on any atom is -0.490 e. The molecule has 1 fully saturated rings. The molecule has 1 aliphatic rings. The molecule has 0 unspecified atom stereocenters. The van der Waals surface area contributed by atoms with Crippen molar-refractivity contribution < 1.29 is 14.3 Å². The van der Waals surface area contributed by atoms with E-state index in [0.717, 1.165) is 14.7 Å². The molecule has 0 aromatic heterocycles. The lowest BCUT2D eigenvalue weighted by Gasteiger charge is -2.15. The van der Waals surface area contributed by atoms with Gasteiger partial charge >= 0.3 is 0 Å². The highest BCUT2D eigenvalue weighted by atomic mass is 127. The number of rotatable bonds is 7. The van der Waals surface area contributed by atoms with Crippen molar-refractivity contribution in [3.63, 3.8) is 0 Å². The molecule has 1 heterocycles. The smallest absolute Gasteiger partial charge is 0.276 e. The minimum absolute atomic E-state index is 0.145. The summed E-state index contributed by atoms with van der Waals surface area (Å²) in [4.78, 5) is 14.0. The van der Waals surface area contributed by atoms with Crippen LogP contribution in [0.1, 0.15) is 25.0 Å². The zero-order chi connectivity index (χ0) is 21.8. The molecule has 1 aliphatic heterocycles. The first kappa shape index (κ1) is 23.1. The molecule has 0 spiro atoms. The maximum atomic E-state index is 12.5. The molecule has 2 aromatic rings. The number of hydrogen-bond donors (Lipinski definition) is 1. The van der Waals surface area contributed by atoms with Crippen molar-refractivity contribution in [2.45, 2.75) is 20.5 Å². The Kier molecular flexibility index (Phi) is 7.84. The van der Waals surface area contributed by atoms with E-state index in [-0.39, 0.29) is 12.5 Å². The zero-order valence-corrected chi connectivity index (χ0v) is 20.8. The molecule has 0 atom stereocenters. The summed E-state index contributed by atoms with van der Waals surface area (Å²) in [5.41, 5.74) is 2.05. The normalized spacial score (nSPS) is 15.0. The summed E-state index contributed by atoms with van der Waals surface area (Å²) in [5.74, 6) is 1.05. The van der Waals surface area contributed by atoms with Crippen LogP contribution in [0.15, 0.2) is 36.0 Å². The summed E-state index contributed by atoms with van der Waals surface area (Å²) in [6.07, 6.45) is 1.76. The summed E-state index contributed by atoms with van der Waals surface area (Å²) in [6.45, 7) is 5.04. The van der Waals surface area contributed by atoms with E-state index in [4.69, 9.17) is 44.9 Å². The van der Waals surface area contributed by atoms with Gasteiger partial charge in [-0.15, -0.1) is 0 Å². The number of carbonyl (C=O) groups excluding carboxylic acids is 1. The number of carbonyl (C=O) groups is 1. The van der Waals surface area contributed by atoms with Crippen LogP contribution in [-0.4, -0.2) is 29.1 Å². The van der Waals surface area contributed by atoms with Gasteiger partial charge in [0.05, 0.1) is 10.2 Å². The Hall–Kier alpha value is -1.55. The van der Waals surface area contributed by atoms with Crippen molar-refractivity contribution in [1.29, 1.82) is 0 Å². The van der Waals surface area contributed by atoms with Gasteiger partial charge in [-0.25, -0.2) is 0 Å². The monoisotopic (exact) mass is 576 g/mol. The summed E-state index contributed by atoms with van der Waals surface area (Å²) in [5, 5.41) is 4.49. The third kappa shape index (κ3) is 5.19. The van der Waals surface area contributed by atoms with Crippen LogP contribution in [0.5, 0.6) is 11.5 Å². The number of likely N-dealkylation sites (N-methyl/N-ethyl adjacent to an activating group) is 1. The predicted molar refractivity (Wildman–Crippen MR) is 132 cm³/mol. The molecule has 30 heavy (non-hydrogen) atoms. The Labute approximate surface area is 204 Å². The highest BCUT2D eigenvalue weighted by Gasteiger charge is 2.29. The Bertz CT molecular complexity index is 1030. The number of nitrogens with zero attached hydrogens (tertiary/aromatic N) is 1. The van der Waals surface area contributed by atoms with Crippen LogP contribution in [-0.2, 0) is 11.4 Å². The highest BCUT2D eigenvalue weighted by molar-refractivity contribution is 14.1. The van der Waals surface area contributed by atoms with E-state index in [0.29, 0.717) is 45.5 Å². The topological polar surface area (TPSA) is 50.8 Å². The number of thiocarbonyl (C=S) groups is 1. The fraction of sp³-hybridized carbons (Fsp3) is 0.238. The van der Waals surface area contributed by atoms with E-state index in [2.05, 4.69) is 27.9 Å². The van der Waals surface area contributed by atoms with Crippen molar-refractivity contribution >= 4 is 75.1 Å². The molecular weight excluding hydrogens is 558 g/mol. The van der Waals surface area contributed by atoms with Crippen molar-refractivity contribution in [3.8, 4) is 11.5 Å². The molecule has 0 saturated carbocycles. The third-order valence-electron chi connectivity index (χ3n) is 4.31. The van der Waals surface area contributed by atoms with Gasteiger partial charge in [0.15, 0.2) is 16.6 Å². The van der Waals surface area contributed by atoms with Gasteiger partial charge in [0.1, 0.15) is 12.3 Å². The summed E-state index contributed by atoms with van der Waals surface area (Å²) < 4.78 is 12.7. The van der Waals surface area contributed by atoms with Crippen LogP contribution in [0.25, 0.3) is 6.08 Å². The van der Waals surface area contributed by atoms with Crippen LogP contribution in [0.3, 0.4) is 0 Å².